The third-order valence-electron chi connectivity index (χ3n) is 1.58. The molecule has 56 valence electrons. The molecule has 0 amide bonds. The Kier molecular flexibility index (Phi) is 0.982. The Morgan fingerprint density at radius 3 is 3.27 bits per heavy atom. The van der Waals surface area contributed by atoms with E-state index in [4.69, 9.17) is 7.85 Å². The summed E-state index contributed by atoms with van der Waals surface area (Å²) in [5.74, 6) is -0.0414. The molecule has 11 heavy (non-hydrogen) atoms. The van der Waals surface area contributed by atoms with Crippen molar-refractivity contribution in [2.24, 2.45) is 0 Å². The van der Waals surface area contributed by atoms with Gasteiger partial charge < -0.3 is 14.8 Å². The average molecular weight is 152 g/mol. The second kappa shape index (κ2) is 2.25. The molecule has 0 unspecified atom stereocenters. The highest BCUT2D eigenvalue weighted by Gasteiger charge is 2.26. The zero-order valence-electron chi connectivity index (χ0n) is 7.61. The molecule has 0 aromatic heterocycles. The van der Waals surface area contributed by atoms with Gasteiger partial charge in [0.15, 0.2) is 0 Å². The summed E-state index contributed by atoms with van der Waals surface area (Å²) >= 11 is 0. The van der Waals surface area contributed by atoms with Gasteiger partial charge in [0.1, 0.15) is 5.75 Å². The summed E-state index contributed by atoms with van der Waals surface area (Å²) < 4.78 is 19.4. The molecule has 1 aliphatic heterocycles. The molecule has 3 nitrogen and oxygen atoms in total. The Balaban J connectivity index is 2.60. The van der Waals surface area contributed by atoms with Crippen LogP contribution in [0.25, 0.3) is 0 Å². The third-order valence-corrected chi connectivity index (χ3v) is 1.58. The second-order valence-corrected chi connectivity index (χ2v) is 2.34. The molecule has 1 heterocycles. The van der Waals surface area contributed by atoms with Gasteiger partial charge >= 0.3 is 7.12 Å². The second-order valence-electron chi connectivity index (χ2n) is 2.34. The maximum Gasteiger partial charge on any atom is 0.491 e. The fourth-order valence-corrected chi connectivity index (χ4v) is 1.03. The Hall–Kier alpha value is -0.995. The van der Waals surface area contributed by atoms with Crippen molar-refractivity contribution in [3.63, 3.8) is 0 Å². The van der Waals surface area contributed by atoms with E-state index in [1.54, 1.807) is 0 Å². The zero-order chi connectivity index (χ0) is 9.64. The van der Waals surface area contributed by atoms with Gasteiger partial charge in [-0.25, -0.2) is 0 Å². The quantitative estimate of drug-likeness (QED) is 0.497. The maximum absolute atomic E-state index is 9.26. The van der Waals surface area contributed by atoms with E-state index in [9.17, 15) is 5.02 Å². The number of fused-ring (bicyclic) bond motifs is 1. The summed E-state index contributed by atoms with van der Waals surface area (Å²) in [5, 5.41) is 18.4. The Morgan fingerprint density at radius 2 is 2.45 bits per heavy atom. The van der Waals surface area contributed by atoms with Crippen LogP contribution >= 0.6 is 0 Å². The lowest BCUT2D eigenvalue weighted by Crippen LogP contribution is -2.27. The van der Waals surface area contributed by atoms with Gasteiger partial charge in [0.25, 0.3) is 0 Å². The van der Waals surface area contributed by atoms with Gasteiger partial charge in [-0.15, -0.1) is 0 Å². The molecule has 1 aliphatic rings. The predicted octanol–water partition coefficient (Wildman–Crippen LogP) is -0.390. The van der Waals surface area contributed by atoms with Crippen LogP contribution in [-0.4, -0.2) is 17.2 Å². The molecule has 4 heteroatoms. The lowest BCUT2D eigenvalue weighted by molar-refractivity contribution is 0.275. The van der Waals surface area contributed by atoms with Crippen LogP contribution in [0.4, 0.5) is 0 Å². The Labute approximate surface area is 67.2 Å². The van der Waals surface area contributed by atoms with Crippen LogP contribution in [-0.2, 0) is 11.2 Å². The number of phenolic OH excluding ortho intramolecular Hbond substituents is 1. The largest absolute Gasteiger partial charge is 0.508 e. The van der Waals surface area contributed by atoms with Crippen LogP contribution < -0.4 is 5.46 Å². The summed E-state index contributed by atoms with van der Waals surface area (Å²) in [6, 6.07) is 4.08. The standard InChI is InChI=1S/C7H7BO3/c9-6-1-2-7-5(3-6)4-11-8(7)10/h1-3,9-10H,4H2/i4D2. The first-order valence-electron chi connectivity index (χ1n) is 4.20. The predicted molar refractivity (Wildman–Crippen MR) is 40.5 cm³/mol. The van der Waals surface area contributed by atoms with Crippen molar-refractivity contribution in [1.82, 2.24) is 0 Å². The highest BCUT2D eigenvalue weighted by molar-refractivity contribution is 6.61. The molecule has 1 aromatic carbocycles. The van der Waals surface area contributed by atoms with Crippen LogP contribution in [0.5, 0.6) is 5.75 Å². The van der Waals surface area contributed by atoms with Crippen molar-refractivity contribution in [3.05, 3.63) is 23.8 Å². The number of hydrogen-bond acceptors (Lipinski definition) is 3. The molecule has 0 saturated carbocycles. The van der Waals surface area contributed by atoms with Gasteiger partial charge in [-0.05, 0) is 23.2 Å². The van der Waals surface area contributed by atoms with Gasteiger partial charge in [0, 0.05) is 0 Å². The molecule has 0 fully saturated rings. The molecule has 0 bridgehead atoms. The molecule has 2 N–H and O–H groups in total. The van der Waals surface area contributed by atoms with Gasteiger partial charge in [0.05, 0.1) is 9.30 Å². The third kappa shape index (κ3) is 1.00. The van der Waals surface area contributed by atoms with E-state index in [-0.39, 0.29) is 11.3 Å². The number of phenols is 1. The van der Waals surface area contributed by atoms with E-state index in [1.165, 1.54) is 18.2 Å². The minimum Gasteiger partial charge on any atom is -0.508 e. The molecular weight excluding hydrogens is 143 g/mol. The smallest absolute Gasteiger partial charge is 0.491 e. The van der Waals surface area contributed by atoms with Gasteiger partial charge in [-0.3, -0.25) is 0 Å². The highest BCUT2D eigenvalue weighted by Crippen LogP contribution is 2.15. The van der Waals surface area contributed by atoms with E-state index >= 15 is 0 Å². The Morgan fingerprint density at radius 1 is 1.64 bits per heavy atom. The lowest BCUT2D eigenvalue weighted by atomic mass is 9.80. The molecule has 0 spiro atoms. The van der Waals surface area contributed by atoms with Crippen molar-refractivity contribution >= 4 is 12.6 Å². The molecule has 1 aromatic rings. The SMILES string of the molecule is [2H]C1([2H])OB(O)c2ccc(O)cc21. The minimum absolute atomic E-state index is 0.0414. The van der Waals surface area contributed by atoms with Crippen molar-refractivity contribution in [2.75, 3.05) is 0 Å². The summed E-state index contributed by atoms with van der Waals surface area (Å²) in [6.07, 6.45) is 0. The molecule has 0 saturated heterocycles. The van der Waals surface area contributed by atoms with Gasteiger partial charge in [-0.1, -0.05) is 6.07 Å². The van der Waals surface area contributed by atoms with Crippen molar-refractivity contribution in [3.8, 4) is 5.75 Å². The van der Waals surface area contributed by atoms with Crippen LogP contribution in [0.15, 0.2) is 18.2 Å². The van der Waals surface area contributed by atoms with Crippen LogP contribution in [0.1, 0.15) is 8.30 Å². The number of hydrogen-bond donors (Lipinski definition) is 2. The number of aromatic hydroxyl groups is 1. The van der Waals surface area contributed by atoms with Crippen molar-refractivity contribution < 1.29 is 17.5 Å². The fourth-order valence-electron chi connectivity index (χ4n) is 1.03. The minimum atomic E-state index is -2.02. The molecule has 2 rings (SSSR count). The normalized spacial score (nSPS) is 22.5. The van der Waals surface area contributed by atoms with Crippen LogP contribution in [0, 0.1) is 0 Å². The van der Waals surface area contributed by atoms with E-state index in [0.717, 1.165) is 0 Å². The van der Waals surface area contributed by atoms with Gasteiger partial charge in [0.2, 0.25) is 0 Å². The van der Waals surface area contributed by atoms with Crippen molar-refractivity contribution in [2.45, 2.75) is 6.56 Å². The van der Waals surface area contributed by atoms with Crippen molar-refractivity contribution in [1.29, 1.82) is 0 Å². The van der Waals surface area contributed by atoms with Crippen LogP contribution in [0.2, 0.25) is 0 Å². The fraction of sp³-hybridized carbons (Fsp3) is 0.143. The van der Waals surface area contributed by atoms with E-state index < -0.39 is 13.7 Å². The number of benzene rings is 1. The first-order valence-corrected chi connectivity index (χ1v) is 3.20. The summed E-state index contributed by atoms with van der Waals surface area (Å²) in [5.41, 5.74) is 0.544. The van der Waals surface area contributed by atoms with E-state index in [0.29, 0.717) is 5.46 Å². The summed E-state index contributed by atoms with van der Waals surface area (Å²) in [4.78, 5) is 0. The molecular formula is C7H7BO3. The summed E-state index contributed by atoms with van der Waals surface area (Å²) in [7, 11) is -1.24. The maximum atomic E-state index is 9.26. The molecule has 0 radical (unpaired) electrons. The summed E-state index contributed by atoms with van der Waals surface area (Å²) in [6.45, 7) is -2.02. The first-order chi connectivity index (χ1) is 6.00. The molecule has 0 aliphatic carbocycles. The molecule has 0 atom stereocenters. The lowest BCUT2D eigenvalue weighted by Gasteiger charge is -1.96. The van der Waals surface area contributed by atoms with Gasteiger partial charge in [-0.2, -0.15) is 0 Å². The van der Waals surface area contributed by atoms with E-state index in [1.807, 2.05) is 0 Å². The first kappa shape index (κ1) is 4.80. The average Bonchev–Trinajstić information content (AvgIpc) is 2.23. The van der Waals surface area contributed by atoms with Crippen LogP contribution in [0.3, 0.4) is 0 Å². The monoisotopic (exact) mass is 152 g/mol. The number of rotatable bonds is 0. The topological polar surface area (TPSA) is 49.7 Å². The highest BCUT2D eigenvalue weighted by atomic mass is 16.5. The zero-order valence-corrected chi connectivity index (χ0v) is 5.61. The van der Waals surface area contributed by atoms with E-state index in [2.05, 4.69) is 4.65 Å². The Bertz CT molecular complexity index is 356.